The minimum absolute atomic E-state index is 0.125. The highest BCUT2D eigenvalue weighted by molar-refractivity contribution is 6.17. The Bertz CT molecular complexity index is 224. The van der Waals surface area contributed by atoms with Gasteiger partial charge in [-0.3, -0.25) is 4.79 Å². The summed E-state index contributed by atoms with van der Waals surface area (Å²) in [4.78, 5) is 11.3. The predicted octanol–water partition coefficient (Wildman–Crippen LogP) is 3.94. The van der Waals surface area contributed by atoms with Crippen LogP contribution in [0.25, 0.3) is 0 Å². The third-order valence-electron chi connectivity index (χ3n) is 3.02. The molecule has 5 heteroatoms. The molecule has 0 bridgehead atoms. The molecule has 0 rings (SSSR count). The van der Waals surface area contributed by atoms with Crippen LogP contribution >= 0.6 is 11.6 Å². The molecule has 0 amide bonds. The lowest BCUT2D eigenvalue weighted by atomic mass is 10.2. The summed E-state index contributed by atoms with van der Waals surface area (Å²) in [7, 11) is 0. The zero-order chi connectivity index (χ0) is 15.6. The van der Waals surface area contributed by atoms with Gasteiger partial charge in [-0.2, -0.15) is 0 Å². The molecule has 126 valence electrons. The maximum Gasteiger partial charge on any atom is 0.305 e. The van der Waals surface area contributed by atoms with E-state index in [1.54, 1.807) is 0 Å². The summed E-state index contributed by atoms with van der Waals surface area (Å²) in [5.74, 6) is 0.623. The average Bonchev–Trinajstić information content (AvgIpc) is 2.48. The highest BCUT2D eigenvalue weighted by Crippen LogP contribution is 2.01. The third kappa shape index (κ3) is 17.6. The largest absolute Gasteiger partial charge is 0.463 e. The van der Waals surface area contributed by atoms with Crippen molar-refractivity contribution in [1.29, 1.82) is 0 Å². The SMILES string of the molecule is CCCCCC(=O)OCCOCCOCCCCCCCl. The van der Waals surface area contributed by atoms with Gasteiger partial charge in [0.1, 0.15) is 6.61 Å². The highest BCUT2D eigenvalue weighted by atomic mass is 35.5. The lowest BCUT2D eigenvalue weighted by molar-refractivity contribution is -0.145. The van der Waals surface area contributed by atoms with Gasteiger partial charge in [-0.1, -0.05) is 32.6 Å². The maximum absolute atomic E-state index is 11.3. The van der Waals surface area contributed by atoms with Crippen molar-refractivity contribution in [3.63, 3.8) is 0 Å². The monoisotopic (exact) mass is 322 g/mol. The van der Waals surface area contributed by atoms with Gasteiger partial charge in [-0.15, -0.1) is 11.6 Å². The number of esters is 1. The molecule has 0 aromatic carbocycles. The van der Waals surface area contributed by atoms with Gasteiger partial charge in [-0.05, 0) is 19.3 Å². The Morgan fingerprint density at radius 3 is 2.19 bits per heavy atom. The summed E-state index contributed by atoms with van der Waals surface area (Å²) in [5, 5.41) is 0. The summed E-state index contributed by atoms with van der Waals surface area (Å²) in [5.41, 5.74) is 0. The summed E-state index contributed by atoms with van der Waals surface area (Å²) < 4.78 is 15.8. The zero-order valence-corrected chi connectivity index (χ0v) is 14.2. The van der Waals surface area contributed by atoms with Crippen molar-refractivity contribution in [3.05, 3.63) is 0 Å². The van der Waals surface area contributed by atoms with Crippen LogP contribution < -0.4 is 0 Å². The predicted molar refractivity (Wildman–Crippen MR) is 85.9 cm³/mol. The summed E-state index contributed by atoms with van der Waals surface area (Å²) in [6.45, 7) is 4.82. The Morgan fingerprint density at radius 2 is 1.48 bits per heavy atom. The normalized spacial score (nSPS) is 10.8. The number of alkyl halides is 1. The lowest BCUT2D eigenvalue weighted by Gasteiger charge is -2.07. The van der Waals surface area contributed by atoms with Crippen LogP contribution in [0.3, 0.4) is 0 Å². The molecule has 0 radical (unpaired) electrons. The number of halogens is 1. The molecule has 0 aliphatic heterocycles. The van der Waals surface area contributed by atoms with Crippen molar-refractivity contribution < 1.29 is 19.0 Å². The minimum Gasteiger partial charge on any atom is -0.463 e. The highest BCUT2D eigenvalue weighted by Gasteiger charge is 2.01. The molecule has 0 atom stereocenters. The van der Waals surface area contributed by atoms with Crippen LogP contribution in [0, 0.1) is 0 Å². The average molecular weight is 323 g/mol. The Morgan fingerprint density at radius 1 is 0.810 bits per heavy atom. The Balaban J connectivity index is 3.06. The molecular weight excluding hydrogens is 292 g/mol. The Kier molecular flexibility index (Phi) is 17.5. The fourth-order valence-electron chi connectivity index (χ4n) is 1.78. The first-order valence-electron chi connectivity index (χ1n) is 8.18. The number of hydrogen-bond acceptors (Lipinski definition) is 4. The molecular formula is C16H31ClO4. The van der Waals surface area contributed by atoms with Crippen molar-refractivity contribution in [1.82, 2.24) is 0 Å². The van der Waals surface area contributed by atoms with Crippen LogP contribution in [0.1, 0.15) is 58.3 Å². The fourth-order valence-corrected chi connectivity index (χ4v) is 1.97. The number of ether oxygens (including phenoxy) is 3. The van der Waals surface area contributed by atoms with E-state index < -0.39 is 0 Å². The molecule has 0 heterocycles. The Hall–Kier alpha value is -0.320. The van der Waals surface area contributed by atoms with E-state index in [0.717, 1.165) is 44.6 Å². The molecule has 0 fully saturated rings. The number of rotatable bonds is 16. The molecule has 0 spiro atoms. The summed E-state index contributed by atoms with van der Waals surface area (Å²) in [6.07, 6.45) is 8.12. The van der Waals surface area contributed by atoms with Crippen LogP contribution in [0.2, 0.25) is 0 Å². The van der Waals surface area contributed by atoms with Gasteiger partial charge in [0.15, 0.2) is 0 Å². The molecule has 0 aromatic rings. The van der Waals surface area contributed by atoms with Crippen LogP contribution in [0.15, 0.2) is 0 Å². The van der Waals surface area contributed by atoms with E-state index in [-0.39, 0.29) is 5.97 Å². The fraction of sp³-hybridized carbons (Fsp3) is 0.938. The van der Waals surface area contributed by atoms with Crippen molar-refractivity contribution in [2.75, 3.05) is 38.9 Å². The lowest BCUT2D eigenvalue weighted by Crippen LogP contribution is -2.13. The molecule has 0 aliphatic rings. The van der Waals surface area contributed by atoms with Crippen molar-refractivity contribution >= 4 is 17.6 Å². The van der Waals surface area contributed by atoms with E-state index >= 15 is 0 Å². The van der Waals surface area contributed by atoms with E-state index in [1.165, 1.54) is 12.8 Å². The van der Waals surface area contributed by atoms with Crippen LogP contribution in [-0.2, 0) is 19.0 Å². The number of unbranched alkanes of at least 4 members (excludes halogenated alkanes) is 5. The van der Waals surface area contributed by atoms with E-state index in [2.05, 4.69) is 6.92 Å². The first-order valence-corrected chi connectivity index (χ1v) is 8.71. The molecule has 0 aliphatic carbocycles. The maximum atomic E-state index is 11.3. The molecule has 0 unspecified atom stereocenters. The van der Waals surface area contributed by atoms with Crippen LogP contribution in [-0.4, -0.2) is 44.9 Å². The van der Waals surface area contributed by atoms with Gasteiger partial charge in [0.25, 0.3) is 0 Å². The summed E-state index contributed by atoms with van der Waals surface area (Å²) in [6, 6.07) is 0. The number of carbonyl (C=O) groups is 1. The van der Waals surface area contributed by atoms with Gasteiger partial charge < -0.3 is 14.2 Å². The van der Waals surface area contributed by atoms with Crippen molar-refractivity contribution in [3.8, 4) is 0 Å². The number of carbonyl (C=O) groups excluding carboxylic acids is 1. The second-order valence-corrected chi connectivity index (χ2v) is 5.38. The minimum atomic E-state index is -0.125. The second-order valence-electron chi connectivity index (χ2n) is 5.01. The Labute approximate surface area is 134 Å². The smallest absolute Gasteiger partial charge is 0.305 e. The first-order chi connectivity index (χ1) is 10.3. The molecule has 0 saturated heterocycles. The second kappa shape index (κ2) is 17.7. The van der Waals surface area contributed by atoms with Gasteiger partial charge in [0.2, 0.25) is 0 Å². The van der Waals surface area contributed by atoms with E-state index in [9.17, 15) is 4.79 Å². The quantitative estimate of drug-likeness (QED) is 0.245. The van der Waals surface area contributed by atoms with E-state index in [1.807, 2.05) is 0 Å². The zero-order valence-electron chi connectivity index (χ0n) is 13.4. The molecule has 0 N–H and O–H groups in total. The molecule has 0 saturated carbocycles. The van der Waals surface area contributed by atoms with Crippen LogP contribution in [0.4, 0.5) is 0 Å². The first kappa shape index (κ1) is 20.7. The van der Waals surface area contributed by atoms with Gasteiger partial charge in [-0.25, -0.2) is 0 Å². The van der Waals surface area contributed by atoms with E-state index in [0.29, 0.717) is 32.8 Å². The van der Waals surface area contributed by atoms with Gasteiger partial charge in [0, 0.05) is 18.9 Å². The molecule has 4 nitrogen and oxygen atoms in total. The number of hydrogen-bond donors (Lipinski definition) is 0. The third-order valence-corrected chi connectivity index (χ3v) is 3.29. The van der Waals surface area contributed by atoms with Crippen molar-refractivity contribution in [2.45, 2.75) is 58.3 Å². The van der Waals surface area contributed by atoms with Gasteiger partial charge >= 0.3 is 5.97 Å². The molecule has 21 heavy (non-hydrogen) atoms. The standard InChI is InChI=1S/C16H31ClO4/c1-2-3-6-9-16(18)21-15-14-20-13-12-19-11-8-5-4-7-10-17/h2-15H2,1H3. The molecule has 0 aromatic heterocycles. The topological polar surface area (TPSA) is 44.8 Å². The van der Waals surface area contributed by atoms with E-state index in [4.69, 9.17) is 25.8 Å². The summed E-state index contributed by atoms with van der Waals surface area (Å²) >= 11 is 5.60. The van der Waals surface area contributed by atoms with Gasteiger partial charge in [0.05, 0.1) is 19.8 Å². The van der Waals surface area contributed by atoms with Crippen LogP contribution in [0.5, 0.6) is 0 Å². The van der Waals surface area contributed by atoms with Crippen molar-refractivity contribution in [2.24, 2.45) is 0 Å².